The molecule has 0 aliphatic heterocycles. The molecule has 1 heterocycles. The van der Waals surface area contributed by atoms with E-state index in [1.165, 1.54) is 0 Å². The Balaban J connectivity index is 2.57. The number of benzene rings is 1. The third kappa shape index (κ3) is 1.34. The molecule has 0 bridgehead atoms. The molecule has 0 saturated carbocycles. The van der Waals surface area contributed by atoms with Crippen molar-refractivity contribution in [1.29, 1.82) is 0 Å². The molecule has 3 nitrogen and oxygen atoms in total. The maximum atomic E-state index is 12.7. The Labute approximate surface area is 76.2 Å². The molecule has 0 atom stereocenters. The molecule has 1 aromatic carbocycles. The normalized spacial score (nSPS) is 10.5. The van der Waals surface area contributed by atoms with E-state index in [-0.39, 0.29) is 11.4 Å². The smallest absolute Gasteiger partial charge is 0.214 e. The van der Waals surface area contributed by atoms with Crippen LogP contribution in [0, 0.1) is 17.5 Å². The van der Waals surface area contributed by atoms with Crippen molar-refractivity contribution in [1.82, 2.24) is 10.1 Å². The van der Waals surface area contributed by atoms with Crippen LogP contribution in [0.15, 0.2) is 23.0 Å². The van der Waals surface area contributed by atoms with E-state index in [1.54, 1.807) is 0 Å². The minimum atomic E-state index is -1.52. The van der Waals surface area contributed by atoms with E-state index in [9.17, 15) is 13.2 Å². The number of hydrogen-bond donors (Lipinski definition) is 0. The van der Waals surface area contributed by atoms with Crippen LogP contribution in [-0.2, 0) is 0 Å². The molecular formula is C8H3F3N2O. The summed E-state index contributed by atoms with van der Waals surface area (Å²) in [5.41, 5.74) is 0.0233. The van der Waals surface area contributed by atoms with Crippen molar-refractivity contribution in [2.24, 2.45) is 0 Å². The second kappa shape index (κ2) is 3.13. The van der Waals surface area contributed by atoms with E-state index >= 15 is 0 Å². The fraction of sp³-hybridized carbons (Fsp3) is 0. The van der Waals surface area contributed by atoms with Crippen molar-refractivity contribution in [2.45, 2.75) is 0 Å². The predicted molar refractivity (Wildman–Crippen MR) is 39.6 cm³/mol. The molecule has 2 aromatic rings. The van der Waals surface area contributed by atoms with Crippen molar-refractivity contribution in [3.8, 4) is 11.4 Å². The summed E-state index contributed by atoms with van der Waals surface area (Å²) in [4.78, 5) is 3.56. The van der Waals surface area contributed by atoms with Crippen molar-refractivity contribution in [2.75, 3.05) is 0 Å². The molecule has 0 amide bonds. The Bertz CT molecular complexity index is 433. The summed E-state index contributed by atoms with van der Waals surface area (Å²) in [6.07, 6.45) is 1.01. The molecule has 2 rings (SSSR count). The van der Waals surface area contributed by atoms with Crippen LogP contribution < -0.4 is 0 Å². The zero-order valence-electron chi connectivity index (χ0n) is 6.67. The Morgan fingerprint density at radius 3 is 2.21 bits per heavy atom. The van der Waals surface area contributed by atoms with Crippen molar-refractivity contribution >= 4 is 0 Å². The molecule has 0 radical (unpaired) electrons. The fourth-order valence-corrected chi connectivity index (χ4v) is 0.982. The third-order valence-electron chi connectivity index (χ3n) is 1.60. The van der Waals surface area contributed by atoms with Crippen molar-refractivity contribution in [3.63, 3.8) is 0 Å². The van der Waals surface area contributed by atoms with Crippen LogP contribution in [0.25, 0.3) is 11.4 Å². The zero-order valence-corrected chi connectivity index (χ0v) is 6.67. The molecular weight excluding hydrogens is 197 g/mol. The van der Waals surface area contributed by atoms with Crippen LogP contribution in [0.3, 0.4) is 0 Å². The van der Waals surface area contributed by atoms with E-state index in [0.717, 1.165) is 18.5 Å². The van der Waals surface area contributed by atoms with Gasteiger partial charge in [-0.3, -0.25) is 0 Å². The van der Waals surface area contributed by atoms with Gasteiger partial charge in [0, 0.05) is 5.56 Å². The van der Waals surface area contributed by atoms with E-state index in [2.05, 4.69) is 14.7 Å². The SMILES string of the molecule is Fc1cc(-c2ncon2)cc(F)c1F. The van der Waals surface area contributed by atoms with Gasteiger partial charge in [0.15, 0.2) is 17.5 Å². The second-order valence-electron chi connectivity index (χ2n) is 2.51. The monoisotopic (exact) mass is 200 g/mol. The van der Waals surface area contributed by atoms with Gasteiger partial charge in [-0.1, -0.05) is 5.16 Å². The highest BCUT2D eigenvalue weighted by Crippen LogP contribution is 2.20. The van der Waals surface area contributed by atoms with Crippen LogP contribution in [0.4, 0.5) is 13.2 Å². The molecule has 0 fully saturated rings. The van der Waals surface area contributed by atoms with Gasteiger partial charge in [0.1, 0.15) is 0 Å². The number of rotatable bonds is 1. The highest BCUT2D eigenvalue weighted by Gasteiger charge is 2.13. The number of halogens is 3. The Morgan fingerprint density at radius 2 is 1.71 bits per heavy atom. The standard InChI is InChI=1S/C8H3F3N2O/c9-5-1-4(2-6(10)7(5)11)8-12-3-14-13-8/h1-3H. The van der Waals surface area contributed by atoms with Gasteiger partial charge < -0.3 is 4.52 Å². The Kier molecular flexibility index (Phi) is 1.95. The average molecular weight is 200 g/mol. The van der Waals surface area contributed by atoms with Gasteiger partial charge >= 0.3 is 0 Å². The van der Waals surface area contributed by atoms with Gasteiger partial charge in [0.2, 0.25) is 12.2 Å². The van der Waals surface area contributed by atoms with Gasteiger partial charge in [0.05, 0.1) is 0 Å². The van der Waals surface area contributed by atoms with Gasteiger partial charge in [0.25, 0.3) is 0 Å². The summed E-state index contributed by atoms with van der Waals surface area (Å²) in [6, 6.07) is 1.59. The van der Waals surface area contributed by atoms with Crippen LogP contribution in [0.5, 0.6) is 0 Å². The highest BCUT2D eigenvalue weighted by atomic mass is 19.2. The lowest BCUT2D eigenvalue weighted by atomic mass is 10.2. The quantitative estimate of drug-likeness (QED) is 0.662. The summed E-state index contributed by atoms with van der Waals surface area (Å²) in [5.74, 6) is -4.09. The molecule has 14 heavy (non-hydrogen) atoms. The maximum absolute atomic E-state index is 12.7. The molecule has 1 aromatic heterocycles. The molecule has 0 aliphatic carbocycles. The summed E-state index contributed by atoms with van der Waals surface area (Å²) >= 11 is 0. The second-order valence-corrected chi connectivity index (χ2v) is 2.51. The summed E-state index contributed by atoms with van der Waals surface area (Å²) in [5, 5.41) is 3.36. The van der Waals surface area contributed by atoms with Gasteiger partial charge in [-0.15, -0.1) is 0 Å². The number of aromatic nitrogens is 2. The molecule has 0 aliphatic rings. The molecule has 6 heteroatoms. The first kappa shape index (κ1) is 8.74. The van der Waals surface area contributed by atoms with Gasteiger partial charge in [-0.05, 0) is 12.1 Å². The highest BCUT2D eigenvalue weighted by molar-refractivity contribution is 5.54. The van der Waals surface area contributed by atoms with Gasteiger partial charge in [-0.25, -0.2) is 13.2 Å². The molecule has 0 N–H and O–H groups in total. The maximum Gasteiger partial charge on any atom is 0.214 e. The molecule has 0 saturated heterocycles. The minimum Gasteiger partial charge on any atom is -0.342 e. The average Bonchev–Trinajstić information content (AvgIpc) is 2.66. The van der Waals surface area contributed by atoms with Crippen LogP contribution in [0.1, 0.15) is 0 Å². The van der Waals surface area contributed by atoms with E-state index in [0.29, 0.717) is 0 Å². The van der Waals surface area contributed by atoms with E-state index in [1.807, 2.05) is 0 Å². The fourth-order valence-electron chi connectivity index (χ4n) is 0.982. The largest absolute Gasteiger partial charge is 0.342 e. The first-order valence-corrected chi connectivity index (χ1v) is 3.60. The summed E-state index contributed by atoms with van der Waals surface area (Å²) in [6.45, 7) is 0. The molecule has 0 spiro atoms. The first-order valence-electron chi connectivity index (χ1n) is 3.60. The molecule has 0 unspecified atom stereocenters. The first-order chi connectivity index (χ1) is 6.68. The summed E-state index contributed by atoms with van der Waals surface area (Å²) in [7, 11) is 0. The summed E-state index contributed by atoms with van der Waals surface area (Å²) < 4.78 is 42.4. The third-order valence-corrected chi connectivity index (χ3v) is 1.60. The molecule has 72 valence electrons. The van der Waals surface area contributed by atoms with E-state index < -0.39 is 17.5 Å². The zero-order chi connectivity index (χ0) is 10.1. The van der Waals surface area contributed by atoms with Gasteiger partial charge in [-0.2, -0.15) is 4.98 Å². The minimum absolute atomic E-state index is 0.00259. The Morgan fingerprint density at radius 1 is 1.07 bits per heavy atom. The van der Waals surface area contributed by atoms with Crippen molar-refractivity contribution in [3.05, 3.63) is 36.0 Å². The number of hydrogen-bond acceptors (Lipinski definition) is 3. The topological polar surface area (TPSA) is 38.9 Å². The van der Waals surface area contributed by atoms with E-state index in [4.69, 9.17) is 0 Å². The lowest BCUT2D eigenvalue weighted by molar-refractivity contribution is 0.418. The predicted octanol–water partition coefficient (Wildman–Crippen LogP) is 2.15. The number of nitrogens with zero attached hydrogens (tertiary/aromatic N) is 2. The van der Waals surface area contributed by atoms with Crippen LogP contribution in [-0.4, -0.2) is 10.1 Å². The Hall–Kier alpha value is -1.85. The van der Waals surface area contributed by atoms with Crippen LogP contribution >= 0.6 is 0 Å². The van der Waals surface area contributed by atoms with Crippen molar-refractivity contribution < 1.29 is 17.7 Å². The van der Waals surface area contributed by atoms with Crippen LogP contribution in [0.2, 0.25) is 0 Å². The lowest BCUT2D eigenvalue weighted by Crippen LogP contribution is -1.92. The lowest BCUT2D eigenvalue weighted by Gasteiger charge is -1.97.